The second kappa shape index (κ2) is 8.64. The zero-order valence-electron chi connectivity index (χ0n) is 13.5. The van der Waals surface area contributed by atoms with Crippen molar-refractivity contribution < 1.29 is 9.53 Å². The molecule has 0 aliphatic carbocycles. The Morgan fingerprint density at radius 2 is 2.14 bits per heavy atom. The Labute approximate surface area is 127 Å². The fraction of sp³-hybridized carbons (Fsp3) is 0.562. The highest BCUT2D eigenvalue weighted by Crippen LogP contribution is 2.26. The number of aryl methyl sites for hydroxylation is 1. The monoisotopic (exact) mass is 293 g/mol. The summed E-state index contributed by atoms with van der Waals surface area (Å²) in [7, 11) is 3.99. The summed E-state index contributed by atoms with van der Waals surface area (Å²) < 4.78 is 5.77. The van der Waals surface area contributed by atoms with Gasteiger partial charge in [-0.05, 0) is 52.1 Å². The molecule has 1 aromatic rings. The third-order valence-electron chi connectivity index (χ3n) is 3.03. The Bertz CT molecular complexity index is 459. The van der Waals surface area contributed by atoms with E-state index in [4.69, 9.17) is 10.5 Å². The number of ether oxygens (including phenoxy) is 1. The number of likely N-dealkylation sites (N-methyl/N-ethyl adjacent to an activating group) is 1. The van der Waals surface area contributed by atoms with Crippen molar-refractivity contribution in [2.75, 3.05) is 32.6 Å². The first kappa shape index (κ1) is 17.5. The molecule has 0 bridgehead atoms. The van der Waals surface area contributed by atoms with Gasteiger partial charge in [0.2, 0.25) is 5.91 Å². The van der Waals surface area contributed by atoms with Crippen molar-refractivity contribution in [3.63, 3.8) is 0 Å². The van der Waals surface area contributed by atoms with Crippen molar-refractivity contribution in [3.05, 3.63) is 23.8 Å². The molecule has 118 valence electrons. The van der Waals surface area contributed by atoms with E-state index in [1.54, 1.807) is 0 Å². The maximum Gasteiger partial charge on any atom is 0.224 e. The number of nitrogens with two attached hydrogens (primary N) is 1. The fourth-order valence-corrected chi connectivity index (χ4v) is 1.76. The lowest BCUT2D eigenvalue weighted by Crippen LogP contribution is -2.21. The first-order valence-corrected chi connectivity index (χ1v) is 7.32. The minimum atomic E-state index is -0.0337. The number of anilines is 1. The third kappa shape index (κ3) is 7.11. The van der Waals surface area contributed by atoms with Crippen LogP contribution in [0.4, 0.5) is 5.69 Å². The van der Waals surface area contributed by atoms with Crippen LogP contribution in [0.1, 0.15) is 25.3 Å². The smallest absolute Gasteiger partial charge is 0.224 e. The van der Waals surface area contributed by atoms with Crippen LogP contribution < -0.4 is 15.8 Å². The van der Waals surface area contributed by atoms with E-state index in [0.717, 1.165) is 12.1 Å². The maximum absolute atomic E-state index is 11.9. The zero-order valence-corrected chi connectivity index (χ0v) is 13.5. The molecule has 5 heteroatoms. The topological polar surface area (TPSA) is 67.6 Å². The molecule has 1 atom stereocenters. The van der Waals surface area contributed by atoms with Crippen LogP contribution in [0, 0.1) is 6.92 Å². The highest BCUT2D eigenvalue weighted by molar-refractivity contribution is 5.92. The molecule has 0 spiro atoms. The normalized spacial score (nSPS) is 12.3. The average molecular weight is 293 g/mol. The lowest BCUT2D eigenvalue weighted by atomic mass is 10.1. The van der Waals surface area contributed by atoms with Gasteiger partial charge in [-0.2, -0.15) is 0 Å². The third-order valence-corrected chi connectivity index (χ3v) is 3.03. The number of nitrogens with one attached hydrogen (secondary N) is 1. The molecule has 0 fully saturated rings. The molecule has 1 amide bonds. The molecular formula is C16H27N3O2. The molecule has 0 saturated carbocycles. The van der Waals surface area contributed by atoms with Crippen LogP contribution in [0.2, 0.25) is 0 Å². The molecule has 1 unspecified atom stereocenters. The van der Waals surface area contributed by atoms with Gasteiger partial charge in [-0.25, -0.2) is 0 Å². The predicted octanol–water partition coefficient (Wildman–Crippen LogP) is 2.00. The van der Waals surface area contributed by atoms with E-state index in [-0.39, 0.29) is 11.9 Å². The van der Waals surface area contributed by atoms with E-state index in [0.29, 0.717) is 30.9 Å². The summed E-state index contributed by atoms with van der Waals surface area (Å²) in [6, 6.07) is 5.81. The van der Waals surface area contributed by atoms with Crippen LogP contribution in [-0.4, -0.2) is 44.1 Å². The number of rotatable bonds is 8. The van der Waals surface area contributed by atoms with Gasteiger partial charge in [0, 0.05) is 19.0 Å². The molecule has 3 N–H and O–H groups in total. The van der Waals surface area contributed by atoms with Crippen LogP contribution in [0.5, 0.6) is 5.75 Å². The van der Waals surface area contributed by atoms with Crippen molar-refractivity contribution in [2.24, 2.45) is 5.73 Å². The molecular weight excluding hydrogens is 266 g/mol. The molecule has 0 saturated heterocycles. The van der Waals surface area contributed by atoms with Gasteiger partial charge in [0.05, 0.1) is 5.69 Å². The largest absolute Gasteiger partial charge is 0.490 e. The number of carbonyl (C=O) groups is 1. The van der Waals surface area contributed by atoms with Crippen LogP contribution >= 0.6 is 0 Å². The van der Waals surface area contributed by atoms with E-state index >= 15 is 0 Å². The maximum atomic E-state index is 11.9. The van der Waals surface area contributed by atoms with Crippen molar-refractivity contribution in [3.8, 4) is 5.75 Å². The van der Waals surface area contributed by atoms with Gasteiger partial charge < -0.3 is 20.7 Å². The Morgan fingerprint density at radius 3 is 2.76 bits per heavy atom. The van der Waals surface area contributed by atoms with Crippen molar-refractivity contribution in [1.82, 2.24) is 4.90 Å². The van der Waals surface area contributed by atoms with E-state index in [9.17, 15) is 4.79 Å². The first-order valence-electron chi connectivity index (χ1n) is 7.32. The summed E-state index contributed by atoms with van der Waals surface area (Å²) in [6.07, 6.45) is 1.09. The summed E-state index contributed by atoms with van der Waals surface area (Å²) in [4.78, 5) is 14.0. The van der Waals surface area contributed by atoms with E-state index < -0.39 is 0 Å². The standard InChI is InChI=1S/C16H27N3O2/c1-12-5-7-14(18-16(20)8-6-13(2)17)15(11-12)21-10-9-19(3)4/h5,7,11,13H,6,8-10,17H2,1-4H3,(H,18,20). The Morgan fingerprint density at radius 1 is 1.43 bits per heavy atom. The van der Waals surface area contributed by atoms with Crippen LogP contribution in [0.15, 0.2) is 18.2 Å². The lowest BCUT2D eigenvalue weighted by Gasteiger charge is -2.15. The minimum Gasteiger partial charge on any atom is -0.490 e. The average Bonchev–Trinajstić information content (AvgIpc) is 2.39. The molecule has 5 nitrogen and oxygen atoms in total. The highest BCUT2D eigenvalue weighted by atomic mass is 16.5. The van der Waals surface area contributed by atoms with Crippen LogP contribution in [0.3, 0.4) is 0 Å². The zero-order chi connectivity index (χ0) is 15.8. The van der Waals surface area contributed by atoms with Crippen molar-refractivity contribution in [1.29, 1.82) is 0 Å². The molecule has 1 aromatic carbocycles. The summed E-state index contributed by atoms with van der Waals surface area (Å²) in [5.41, 5.74) is 7.49. The van der Waals surface area contributed by atoms with E-state index in [1.165, 1.54) is 0 Å². The Kier molecular flexibility index (Phi) is 7.19. The highest BCUT2D eigenvalue weighted by Gasteiger charge is 2.09. The van der Waals surface area contributed by atoms with E-state index in [2.05, 4.69) is 10.2 Å². The van der Waals surface area contributed by atoms with Gasteiger partial charge in [0.1, 0.15) is 12.4 Å². The van der Waals surface area contributed by atoms with Crippen LogP contribution in [0.25, 0.3) is 0 Å². The Balaban J connectivity index is 2.65. The first-order chi connectivity index (χ1) is 9.88. The molecule has 0 heterocycles. The summed E-state index contributed by atoms with van der Waals surface area (Å²) >= 11 is 0. The number of carbonyl (C=O) groups excluding carboxylic acids is 1. The van der Waals surface area contributed by atoms with Crippen molar-refractivity contribution in [2.45, 2.75) is 32.7 Å². The molecule has 1 rings (SSSR count). The minimum absolute atomic E-state index is 0.0320. The summed E-state index contributed by atoms with van der Waals surface area (Å²) in [5, 5.41) is 2.90. The van der Waals surface area contributed by atoms with Crippen molar-refractivity contribution >= 4 is 11.6 Å². The summed E-state index contributed by atoms with van der Waals surface area (Å²) in [5.74, 6) is 0.680. The van der Waals surface area contributed by atoms with Gasteiger partial charge in [0.25, 0.3) is 0 Å². The number of nitrogens with zero attached hydrogens (tertiary/aromatic N) is 1. The molecule has 0 aromatic heterocycles. The molecule has 0 radical (unpaired) electrons. The lowest BCUT2D eigenvalue weighted by molar-refractivity contribution is -0.116. The van der Waals surface area contributed by atoms with Gasteiger partial charge in [-0.1, -0.05) is 6.07 Å². The number of hydrogen-bond donors (Lipinski definition) is 2. The van der Waals surface area contributed by atoms with Gasteiger partial charge in [-0.3, -0.25) is 4.79 Å². The Hall–Kier alpha value is -1.59. The fourth-order valence-electron chi connectivity index (χ4n) is 1.76. The number of amides is 1. The quantitative estimate of drug-likeness (QED) is 0.769. The van der Waals surface area contributed by atoms with Gasteiger partial charge >= 0.3 is 0 Å². The van der Waals surface area contributed by atoms with Gasteiger partial charge in [0.15, 0.2) is 0 Å². The number of benzene rings is 1. The second-order valence-electron chi connectivity index (χ2n) is 5.72. The molecule has 21 heavy (non-hydrogen) atoms. The number of hydrogen-bond acceptors (Lipinski definition) is 4. The SMILES string of the molecule is Cc1ccc(NC(=O)CCC(C)N)c(OCCN(C)C)c1. The predicted molar refractivity (Wildman–Crippen MR) is 86.7 cm³/mol. The van der Waals surface area contributed by atoms with Crippen LogP contribution in [-0.2, 0) is 4.79 Å². The van der Waals surface area contributed by atoms with Gasteiger partial charge in [-0.15, -0.1) is 0 Å². The summed E-state index contributed by atoms with van der Waals surface area (Å²) in [6.45, 7) is 5.31. The molecule has 0 aliphatic heterocycles. The van der Waals surface area contributed by atoms with E-state index in [1.807, 2.05) is 46.1 Å². The second-order valence-corrected chi connectivity index (χ2v) is 5.72. The molecule has 0 aliphatic rings.